The molecule has 0 unspecified atom stereocenters. The molecule has 0 saturated carbocycles. The second-order valence-corrected chi connectivity index (χ2v) is 7.63. The standard InChI is InChI=1S/C22H22O7/c1-10-15(25-2)4-11(5-16(10)26-3)19-12-6-17-18(29-9-28-17)7-13(12)21(23)14-8-27-22(24)20(14)19/h4-7,14,19-21,23H,8-9H2,1-3H3/t14-,19+,20-,21+/m0/s1. The van der Waals surface area contributed by atoms with E-state index >= 15 is 0 Å². The normalized spacial score (nSPS) is 26.6. The van der Waals surface area contributed by atoms with Crippen molar-refractivity contribution in [1.82, 2.24) is 0 Å². The topological polar surface area (TPSA) is 83.5 Å². The number of methoxy groups -OCH3 is 2. The molecule has 0 spiro atoms. The van der Waals surface area contributed by atoms with Gasteiger partial charge in [-0.1, -0.05) is 0 Å². The lowest BCUT2D eigenvalue weighted by molar-refractivity contribution is -0.141. The van der Waals surface area contributed by atoms with Crippen molar-refractivity contribution in [1.29, 1.82) is 0 Å². The van der Waals surface area contributed by atoms with E-state index in [1.54, 1.807) is 14.2 Å². The summed E-state index contributed by atoms with van der Waals surface area (Å²) in [5, 5.41) is 11.0. The van der Waals surface area contributed by atoms with Crippen LogP contribution >= 0.6 is 0 Å². The number of fused-ring (bicyclic) bond motifs is 3. The number of benzene rings is 2. The molecule has 5 rings (SSSR count). The van der Waals surface area contributed by atoms with Crippen molar-refractivity contribution in [3.8, 4) is 23.0 Å². The Bertz CT molecular complexity index is 974. The molecule has 7 nitrogen and oxygen atoms in total. The Balaban J connectivity index is 1.75. The van der Waals surface area contributed by atoms with Crippen LogP contribution in [0.1, 0.15) is 34.3 Å². The number of hydrogen-bond donors (Lipinski definition) is 1. The van der Waals surface area contributed by atoms with E-state index in [0.717, 1.165) is 22.3 Å². The van der Waals surface area contributed by atoms with Gasteiger partial charge >= 0.3 is 5.97 Å². The Kier molecular flexibility index (Phi) is 4.10. The van der Waals surface area contributed by atoms with Crippen molar-refractivity contribution >= 4 is 5.97 Å². The second kappa shape index (κ2) is 6.56. The first-order valence-corrected chi connectivity index (χ1v) is 9.54. The van der Waals surface area contributed by atoms with Crippen LogP contribution in [0.5, 0.6) is 23.0 Å². The number of carbonyl (C=O) groups is 1. The van der Waals surface area contributed by atoms with Crippen LogP contribution in [0.15, 0.2) is 24.3 Å². The fourth-order valence-electron chi connectivity index (χ4n) is 4.82. The molecule has 0 radical (unpaired) electrons. The van der Waals surface area contributed by atoms with Gasteiger partial charge in [0, 0.05) is 17.4 Å². The molecule has 2 heterocycles. The Morgan fingerprint density at radius 1 is 0.966 bits per heavy atom. The van der Waals surface area contributed by atoms with Crippen molar-refractivity contribution in [2.75, 3.05) is 27.6 Å². The summed E-state index contributed by atoms with van der Waals surface area (Å²) in [5.74, 6) is 1.09. The Morgan fingerprint density at radius 2 is 1.59 bits per heavy atom. The quantitative estimate of drug-likeness (QED) is 0.796. The van der Waals surface area contributed by atoms with E-state index in [9.17, 15) is 9.90 Å². The molecule has 1 N–H and O–H groups in total. The van der Waals surface area contributed by atoms with Gasteiger partial charge in [0.25, 0.3) is 0 Å². The van der Waals surface area contributed by atoms with Crippen LogP contribution in [-0.4, -0.2) is 38.7 Å². The molecular formula is C22H22O7. The van der Waals surface area contributed by atoms with Crippen LogP contribution in [0.2, 0.25) is 0 Å². The average Bonchev–Trinajstić information content (AvgIpc) is 3.34. The first kappa shape index (κ1) is 18.1. The molecule has 1 aliphatic carbocycles. The maximum Gasteiger partial charge on any atom is 0.310 e. The first-order chi connectivity index (χ1) is 14.0. The molecular weight excluding hydrogens is 376 g/mol. The van der Waals surface area contributed by atoms with Gasteiger partial charge in [0.2, 0.25) is 6.79 Å². The van der Waals surface area contributed by atoms with E-state index in [1.165, 1.54) is 0 Å². The van der Waals surface area contributed by atoms with E-state index in [0.29, 0.717) is 23.0 Å². The Morgan fingerprint density at radius 3 is 2.21 bits per heavy atom. The SMILES string of the molecule is COc1cc([C@@H]2c3cc4c(cc3[C@@H](O)[C@H]3COC(=O)[C@H]23)OCO4)cc(OC)c1C. The van der Waals surface area contributed by atoms with E-state index in [-0.39, 0.29) is 31.2 Å². The summed E-state index contributed by atoms with van der Waals surface area (Å²) in [6.07, 6.45) is -0.818. The fourth-order valence-corrected chi connectivity index (χ4v) is 4.82. The van der Waals surface area contributed by atoms with Crippen LogP contribution in [-0.2, 0) is 9.53 Å². The lowest BCUT2D eigenvalue weighted by Gasteiger charge is -2.37. The highest BCUT2D eigenvalue weighted by Gasteiger charge is 2.52. The third kappa shape index (κ3) is 2.57. The van der Waals surface area contributed by atoms with Gasteiger partial charge < -0.3 is 28.8 Å². The number of cyclic esters (lactones) is 1. The Labute approximate surface area is 168 Å². The van der Waals surface area contributed by atoms with Crippen molar-refractivity contribution in [3.05, 3.63) is 46.5 Å². The maximum atomic E-state index is 12.7. The van der Waals surface area contributed by atoms with Crippen LogP contribution in [0.25, 0.3) is 0 Å². The summed E-state index contributed by atoms with van der Waals surface area (Å²) in [5.41, 5.74) is 3.31. The minimum Gasteiger partial charge on any atom is -0.496 e. The van der Waals surface area contributed by atoms with Crippen molar-refractivity contribution in [2.24, 2.45) is 11.8 Å². The summed E-state index contributed by atoms with van der Waals surface area (Å²) < 4.78 is 27.5. The summed E-state index contributed by atoms with van der Waals surface area (Å²) in [4.78, 5) is 12.7. The summed E-state index contributed by atoms with van der Waals surface area (Å²) in [7, 11) is 3.21. The molecule has 0 amide bonds. The van der Waals surface area contributed by atoms with Gasteiger partial charge in [0.1, 0.15) is 11.5 Å². The lowest BCUT2D eigenvalue weighted by atomic mass is 9.66. The van der Waals surface area contributed by atoms with Crippen molar-refractivity contribution in [2.45, 2.75) is 18.9 Å². The zero-order chi connectivity index (χ0) is 20.3. The van der Waals surface area contributed by atoms with Gasteiger partial charge in [-0.05, 0) is 47.9 Å². The van der Waals surface area contributed by atoms with Gasteiger partial charge in [-0.2, -0.15) is 0 Å². The molecule has 1 saturated heterocycles. The third-order valence-corrected chi connectivity index (χ3v) is 6.28. The highest BCUT2D eigenvalue weighted by atomic mass is 16.7. The number of esters is 1. The van der Waals surface area contributed by atoms with Crippen molar-refractivity contribution in [3.63, 3.8) is 0 Å². The van der Waals surface area contributed by atoms with E-state index in [2.05, 4.69) is 0 Å². The highest BCUT2D eigenvalue weighted by Crippen LogP contribution is 2.54. The molecule has 2 aromatic rings. The molecule has 0 bridgehead atoms. The number of hydrogen-bond acceptors (Lipinski definition) is 7. The van der Waals surface area contributed by atoms with E-state index in [4.69, 9.17) is 23.7 Å². The smallest absolute Gasteiger partial charge is 0.310 e. The largest absolute Gasteiger partial charge is 0.496 e. The van der Waals surface area contributed by atoms with Gasteiger partial charge in [-0.3, -0.25) is 4.79 Å². The summed E-state index contributed by atoms with van der Waals surface area (Å²) in [6.45, 7) is 2.25. The molecule has 0 aromatic heterocycles. The molecule has 2 aliphatic heterocycles. The lowest BCUT2D eigenvalue weighted by Crippen LogP contribution is -2.34. The Hall–Kier alpha value is -2.93. The molecule has 152 valence electrons. The van der Waals surface area contributed by atoms with Crippen LogP contribution in [0, 0.1) is 18.8 Å². The molecule has 7 heteroatoms. The predicted molar refractivity (Wildman–Crippen MR) is 102 cm³/mol. The third-order valence-electron chi connectivity index (χ3n) is 6.28. The van der Waals surface area contributed by atoms with Crippen LogP contribution in [0.3, 0.4) is 0 Å². The van der Waals surface area contributed by atoms with E-state index in [1.807, 2.05) is 31.2 Å². The molecule has 3 aliphatic rings. The highest BCUT2D eigenvalue weighted by molar-refractivity contribution is 5.78. The first-order valence-electron chi connectivity index (χ1n) is 9.54. The number of aliphatic hydroxyl groups is 1. The number of rotatable bonds is 3. The second-order valence-electron chi connectivity index (χ2n) is 7.63. The van der Waals surface area contributed by atoms with Gasteiger partial charge in [0.15, 0.2) is 11.5 Å². The van der Waals surface area contributed by atoms with Crippen LogP contribution < -0.4 is 18.9 Å². The van der Waals surface area contributed by atoms with Crippen LogP contribution in [0.4, 0.5) is 0 Å². The average molecular weight is 398 g/mol. The van der Waals surface area contributed by atoms with Gasteiger partial charge in [-0.25, -0.2) is 0 Å². The molecule has 4 atom stereocenters. The number of carbonyl (C=O) groups excluding carboxylic acids is 1. The maximum absolute atomic E-state index is 12.7. The summed E-state index contributed by atoms with van der Waals surface area (Å²) >= 11 is 0. The zero-order valence-corrected chi connectivity index (χ0v) is 16.4. The predicted octanol–water partition coefficient (Wildman–Crippen LogP) is 2.71. The monoisotopic (exact) mass is 398 g/mol. The minimum atomic E-state index is -0.818. The fraction of sp³-hybridized carbons (Fsp3) is 0.409. The zero-order valence-electron chi connectivity index (χ0n) is 16.4. The van der Waals surface area contributed by atoms with Gasteiger partial charge in [-0.15, -0.1) is 0 Å². The molecule has 1 fully saturated rings. The summed E-state index contributed by atoms with van der Waals surface area (Å²) in [6, 6.07) is 7.54. The number of aliphatic hydroxyl groups excluding tert-OH is 1. The molecule has 29 heavy (non-hydrogen) atoms. The van der Waals surface area contributed by atoms with E-state index < -0.39 is 12.0 Å². The minimum absolute atomic E-state index is 0.139. The molecule has 2 aromatic carbocycles. The number of ether oxygens (including phenoxy) is 5. The van der Waals surface area contributed by atoms with Crippen molar-refractivity contribution < 1.29 is 33.6 Å². The van der Waals surface area contributed by atoms with Gasteiger partial charge in [0.05, 0.1) is 32.8 Å².